The molecule has 4 N–H and O–H groups in total. The van der Waals surface area contributed by atoms with Gasteiger partial charge in [-0.2, -0.15) is 0 Å². The van der Waals surface area contributed by atoms with Gasteiger partial charge in [0.15, 0.2) is 0 Å². The maximum Gasteiger partial charge on any atom is 0.236 e. The van der Waals surface area contributed by atoms with Crippen LogP contribution in [0, 0.1) is 6.92 Å². The Morgan fingerprint density at radius 2 is 2.06 bits per heavy atom. The van der Waals surface area contributed by atoms with Gasteiger partial charge in [-0.1, -0.05) is 12.2 Å². The van der Waals surface area contributed by atoms with Crippen LogP contribution in [0.4, 0.5) is 5.69 Å². The van der Waals surface area contributed by atoms with Crippen molar-refractivity contribution in [2.45, 2.75) is 6.92 Å². The SMILES string of the molecule is Cc1cc(N(C)CC(N)=O)ccc1C(N)=S. The molecule has 4 nitrogen and oxygen atoms in total. The van der Waals surface area contributed by atoms with E-state index in [-0.39, 0.29) is 12.5 Å². The van der Waals surface area contributed by atoms with Gasteiger partial charge < -0.3 is 16.4 Å². The van der Waals surface area contributed by atoms with Gasteiger partial charge in [-0.15, -0.1) is 0 Å². The van der Waals surface area contributed by atoms with Crippen molar-refractivity contribution in [1.29, 1.82) is 0 Å². The van der Waals surface area contributed by atoms with Crippen LogP contribution in [0.2, 0.25) is 0 Å². The first-order valence-electron chi connectivity index (χ1n) is 4.81. The number of aryl methyl sites for hydroxylation is 1. The molecule has 0 aliphatic rings. The van der Waals surface area contributed by atoms with Gasteiger partial charge in [0, 0.05) is 18.3 Å². The Labute approximate surface area is 100 Å². The highest BCUT2D eigenvalue weighted by Crippen LogP contribution is 2.17. The Bertz CT molecular complexity index is 431. The summed E-state index contributed by atoms with van der Waals surface area (Å²) in [5.41, 5.74) is 13.4. The minimum atomic E-state index is -0.362. The normalized spacial score (nSPS) is 9.88. The quantitative estimate of drug-likeness (QED) is 0.750. The van der Waals surface area contributed by atoms with Gasteiger partial charge >= 0.3 is 0 Å². The maximum atomic E-state index is 10.8. The second-order valence-corrected chi connectivity index (χ2v) is 4.13. The molecule has 0 aliphatic heterocycles. The van der Waals surface area contributed by atoms with Gasteiger partial charge in [-0.05, 0) is 30.7 Å². The predicted molar refractivity (Wildman–Crippen MR) is 69.5 cm³/mol. The number of thiocarbonyl (C=S) groups is 1. The minimum Gasteiger partial charge on any atom is -0.389 e. The van der Waals surface area contributed by atoms with Crippen molar-refractivity contribution in [3.63, 3.8) is 0 Å². The number of hydrogen-bond donors (Lipinski definition) is 2. The lowest BCUT2D eigenvalue weighted by Gasteiger charge is -2.18. The first kappa shape index (κ1) is 12.4. The Morgan fingerprint density at radius 3 is 2.50 bits per heavy atom. The summed E-state index contributed by atoms with van der Waals surface area (Å²) in [7, 11) is 1.81. The Hall–Kier alpha value is -1.62. The summed E-state index contributed by atoms with van der Waals surface area (Å²) in [6, 6.07) is 5.65. The number of anilines is 1. The first-order valence-corrected chi connectivity index (χ1v) is 5.22. The highest BCUT2D eigenvalue weighted by Gasteiger charge is 2.07. The van der Waals surface area contributed by atoms with E-state index in [4.69, 9.17) is 23.7 Å². The molecule has 0 aromatic heterocycles. The molecule has 1 aromatic carbocycles. The molecule has 0 fully saturated rings. The Balaban J connectivity index is 2.96. The fourth-order valence-corrected chi connectivity index (χ4v) is 1.72. The number of amides is 1. The van der Waals surface area contributed by atoms with Crippen LogP contribution >= 0.6 is 12.2 Å². The molecule has 0 atom stereocenters. The van der Waals surface area contributed by atoms with Gasteiger partial charge in [-0.25, -0.2) is 0 Å². The van der Waals surface area contributed by atoms with E-state index in [1.807, 2.05) is 25.1 Å². The predicted octanol–water partition coefficient (Wildman–Crippen LogP) is 0.551. The van der Waals surface area contributed by atoms with Crippen LogP contribution in [0.25, 0.3) is 0 Å². The molecule has 0 aliphatic carbocycles. The van der Waals surface area contributed by atoms with Crippen molar-refractivity contribution < 1.29 is 4.79 Å². The van der Waals surface area contributed by atoms with E-state index in [1.165, 1.54) is 0 Å². The molecule has 1 amide bonds. The molecule has 0 spiro atoms. The molecule has 1 rings (SSSR count). The van der Waals surface area contributed by atoms with E-state index < -0.39 is 0 Å². The number of carbonyl (C=O) groups excluding carboxylic acids is 1. The summed E-state index contributed by atoms with van der Waals surface area (Å²) in [4.78, 5) is 12.9. The third-order valence-corrected chi connectivity index (χ3v) is 2.53. The fourth-order valence-electron chi connectivity index (χ4n) is 1.49. The number of nitrogens with two attached hydrogens (primary N) is 2. The van der Waals surface area contributed by atoms with E-state index in [9.17, 15) is 4.79 Å². The lowest BCUT2D eigenvalue weighted by atomic mass is 10.1. The molecule has 0 bridgehead atoms. The summed E-state index contributed by atoms with van der Waals surface area (Å²) in [5.74, 6) is -0.362. The van der Waals surface area contributed by atoms with E-state index in [0.29, 0.717) is 4.99 Å². The Kier molecular flexibility index (Phi) is 3.84. The van der Waals surface area contributed by atoms with Crippen LogP contribution in [0.15, 0.2) is 18.2 Å². The van der Waals surface area contributed by atoms with Crippen molar-refractivity contribution >= 4 is 28.8 Å². The van der Waals surface area contributed by atoms with E-state index in [1.54, 1.807) is 11.9 Å². The van der Waals surface area contributed by atoms with Gasteiger partial charge in [0.25, 0.3) is 0 Å². The van der Waals surface area contributed by atoms with Crippen molar-refractivity contribution in [2.24, 2.45) is 11.5 Å². The highest BCUT2D eigenvalue weighted by atomic mass is 32.1. The summed E-state index contributed by atoms with van der Waals surface area (Å²) >= 11 is 4.92. The molecule has 0 radical (unpaired) electrons. The van der Waals surface area contributed by atoms with Gasteiger partial charge in [0.1, 0.15) is 4.99 Å². The largest absolute Gasteiger partial charge is 0.389 e. The van der Waals surface area contributed by atoms with Crippen molar-refractivity contribution in [2.75, 3.05) is 18.5 Å². The number of primary amides is 1. The van der Waals surface area contributed by atoms with E-state index >= 15 is 0 Å². The summed E-state index contributed by atoms with van der Waals surface area (Å²) < 4.78 is 0. The third kappa shape index (κ3) is 2.93. The molecule has 86 valence electrons. The van der Waals surface area contributed by atoms with Crippen LogP contribution in [-0.4, -0.2) is 24.5 Å². The first-order chi connectivity index (χ1) is 7.41. The minimum absolute atomic E-state index is 0.186. The van der Waals surface area contributed by atoms with Crippen LogP contribution in [0.1, 0.15) is 11.1 Å². The average molecular weight is 237 g/mol. The monoisotopic (exact) mass is 237 g/mol. The van der Waals surface area contributed by atoms with Gasteiger partial charge in [-0.3, -0.25) is 4.79 Å². The summed E-state index contributed by atoms with van der Waals surface area (Å²) in [6.45, 7) is 2.11. The number of benzene rings is 1. The zero-order valence-electron chi connectivity index (χ0n) is 9.36. The van der Waals surface area contributed by atoms with Crippen molar-refractivity contribution in [3.8, 4) is 0 Å². The van der Waals surface area contributed by atoms with Crippen LogP contribution in [-0.2, 0) is 4.79 Å². The molecule has 5 heteroatoms. The smallest absolute Gasteiger partial charge is 0.236 e. The molecule has 0 unspecified atom stereocenters. The van der Waals surface area contributed by atoms with E-state index in [0.717, 1.165) is 16.8 Å². The Morgan fingerprint density at radius 1 is 1.44 bits per heavy atom. The molecule has 0 saturated carbocycles. The number of hydrogen-bond acceptors (Lipinski definition) is 3. The number of likely N-dealkylation sites (N-methyl/N-ethyl adjacent to an activating group) is 1. The van der Waals surface area contributed by atoms with E-state index in [2.05, 4.69) is 0 Å². The summed E-state index contributed by atoms with van der Waals surface area (Å²) in [6.07, 6.45) is 0. The lowest BCUT2D eigenvalue weighted by Crippen LogP contribution is -2.30. The highest BCUT2D eigenvalue weighted by molar-refractivity contribution is 7.80. The van der Waals surface area contributed by atoms with Crippen molar-refractivity contribution in [3.05, 3.63) is 29.3 Å². The second-order valence-electron chi connectivity index (χ2n) is 3.69. The second kappa shape index (κ2) is 4.94. The lowest BCUT2D eigenvalue weighted by molar-refractivity contribution is -0.116. The number of rotatable bonds is 4. The maximum absolute atomic E-state index is 10.8. The van der Waals surface area contributed by atoms with Crippen LogP contribution in [0.3, 0.4) is 0 Å². The molecule has 0 heterocycles. The standard InChI is InChI=1S/C11H15N3OS/c1-7-5-8(14(2)6-10(12)15)3-4-9(7)11(13)16/h3-5H,6H2,1-2H3,(H2,12,15)(H2,13,16). The zero-order chi connectivity index (χ0) is 12.3. The van der Waals surface area contributed by atoms with Crippen molar-refractivity contribution in [1.82, 2.24) is 0 Å². The van der Waals surface area contributed by atoms with Crippen LogP contribution in [0.5, 0.6) is 0 Å². The molecular formula is C11H15N3OS. The topological polar surface area (TPSA) is 72.3 Å². The average Bonchev–Trinajstić information content (AvgIpc) is 2.15. The third-order valence-electron chi connectivity index (χ3n) is 2.31. The molecule has 0 saturated heterocycles. The fraction of sp³-hybridized carbons (Fsp3) is 0.273. The molecule has 16 heavy (non-hydrogen) atoms. The number of nitrogens with zero attached hydrogens (tertiary/aromatic N) is 1. The van der Waals surface area contributed by atoms with Crippen LogP contribution < -0.4 is 16.4 Å². The molecular weight excluding hydrogens is 222 g/mol. The number of carbonyl (C=O) groups is 1. The summed E-state index contributed by atoms with van der Waals surface area (Å²) in [5, 5.41) is 0. The molecule has 1 aromatic rings. The zero-order valence-corrected chi connectivity index (χ0v) is 10.2. The van der Waals surface area contributed by atoms with Gasteiger partial charge in [0.2, 0.25) is 5.91 Å². The van der Waals surface area contributed by atoms with Gasteiger partial charge in [0.05, 0.1) is 6.54 Å².